The molecule has 0 bridgehead atoms. The molecule has 1 heterocycles. The van der Waals surface area contributed by atoms with E-state index in [4.69, 9.17) is 14.7 Å². The van der Waals surface area contributed by atoms with Crippen LogP contribution in [0, 0.1) is 17.2 Å². The van der Waals surface area contributed by atoms with Gasteiger partial charge >= 0.3 is 0 Å². The molecule has 2 fully saturated rings. The molecule has 13 heavy (non-hydrogen) atoms. The maximum Gasteiger partial charge on any atom is 0.0916 e. The van der Waals surface area contributed by atoms with Crippen molar-refractivity contribution in [1.82, 2.24) is 0 Å². The zero-order chi connectivity index (χ0) is 9.15. The third-order valence-electron chi connectivity index (χ3n) is 3.08. The van der Waals surface area contributed by atoms with Crippen LogP contribution in [0.2, 0.25) is 0 Å². The summed E-state index contributed by atoms with van der Waals surface area (Å²) in [5.41, 5.74) is -0.0361. The van der Waals surface area contributed by atoms with E-state index >= 15 is 0 Å². The van der Waals surface area contributed by atoms with E-state index in [9.17, 15) is 0 Å². The van der Waals surface area contributed by atoms with Gasteiger partial charge in [0.05, 0.1) is 31.5 Å². The molecule has 0 atom stereocenters. The highest BCUT2D eigenvalue weighted by molar-refractivity contribution is 4.95. The van der Waals surface area contributed by atoms with Gasteiger partial charge in [0.15, 0.2) is 0 Å². The van der Waals surface area contributed by atoms with Crippen LogP contribution in [-0.4, -0.2) is 25.4 Å². The number of hydrogen-bond donors (Lipinski definition) is 0. The second-order valence-electron chi connectivity index (χ2n) is 3.99. The molecule has 2 aliphatic rings. The van der Waals surface area contributed by atoms with Crippen molar-refractivity contribution < 1.29 is 9.47 Å². The lowest BCUT2D eigenvalue weighted by molar-refractivity contribution is -0.173. The average Bonchev–Trinajstić information content (AvgIpc) is 2.20. The Hall–Kier alpha value is -0.590. The highest BCUT2D eigenvalue weighted by Gasteiger charge is 2.38. The molecular formula is C10H15NO2. The van der Waals surface area contributed by atoms with Crippen LogP contribution in [0.3, 0.4) is 0 Å². The Balaban J connectivity index is 1.92. The first-order chi connectivity index (χ1) is 6.35. The minimum absolute atomic E-state index is 0.0361. The van der Waals surface area contributed by atoms with E-state index in [1.54, 1.807) is 0 Å². The van der Waals surface area contributed by atoms with Crippen LogP contribution >= 0.6 is 0 Å². The SMILES string of the molecule is N#CC1CCC2(CC1)COCCO2. The first kappa shape index (κ1) is 8.98. The quantitative estimate of drug-likeness (QED) is 0.568. The third-order valence-corrected chi connectivity index (χ3v) is 3.08. The fourth-order valence-corrected chi connectivity index (χ4v) is 2.18. The maximum absolute atomic E-state index is 8.76. The first-order valence-corrected chi connectivity index (χ1v) is 4.96. The predicted octanol–water partition coefficient (Wildman–Crippen LogP) is 1.49. The van der Waals surface area contributed by atoms with Gasteiger partial charge in [-0.3, -0.25) is 0 Å². The fraction of sp³-hybridized carbons (Fsp3) is 0.900. The van der Waals surface area contributed by atoms with Gasteiger partial charge in [0.2, 0.25) is 0 Å². The molecular weight excluding hydrogens is 166 g/mol. The second kappa shape index (κ2) is 3.65. The number of nitrogens with zero attached hydrogens (tertiary/aromatic N) is 1. The largest absolute Gasteiger partial charge is 0.376 e. The lowest BCUT2D eigenvalue weighted by Gasteiger charge is -2.40. The molecule has 0 amide bonds. The first-order valence-electron chi connectivity index (χ1n) is 4.96. The molecule has 0 radical (unpaired) electrons. The van der Waals surface area contributed by atoms with Gasteiger partial charge in [-0.1, -0.05) is 0 Å². The summed E-state index contributed by atoms with van der Waals surface area (Å²) >= 11 is 0. The maximum atomic E-state index is 8.76. The van der Waals surface area contributed by atoms with E-state index in [0.29, 0.717) is 0 Å². The zero-order valence-corrected chi connectivity index (χ0v) is 7.79. The van der Waals surface area contributed by atoms with Crippen LogP contribution in [0.25, 0.3) is 0 Å². The van der Waals surface area contributed by atoms with Gasteiger partial charge < -0.3 is 9.47 Å². The Labute approximate surface area is 78.6 Å². The standard InChI is InChI=1S/C10H15NO2/c11-7-9-1-3-10(4-2-9)8-12-5-6-13-10/h9H,1-6,8H2. The summed E-state index contributed by atoms with van der Waals surface area (Å²) in [6, 6.07) is 2.33. The van der Waals surface area contributed by atoms with Crippen LogP contribution < -0.4 is 0 Å². The Morgan fingerprint density at radius 3 is 2.54 bits per heavy atom. The molecule has 1 spiro atoms. The molecule has 1 saturated heterocycles. The van der Waals surface area contributed by atoms with Crippen molar-refractivity contribution in [2.75, 3.05) is 19.8 Å². The summed E-state index contributed by atoms with van der Waals surface area (Å²) in [7, 11) is 0. The second-order valence-corrected chi connectivity index (χ2v) is 3.99. The molecule has 0 N–H and O–H groups in total. The molecule has 1 saturated carbocycles. The highest BCUT2D eigenvalue weighted by atomic mass is 16.6. The molecule has 0 aromatic rings. The smallest absolute Gasteiger partial charge is 0.0916 e. The lowest BCUT2D eigenvalue weighted by atomic mass is 9.79. The average molecular weight is 181 g/mol. The number of hydrogen-bond acceptors (Lipinski definition) is 3. The van der Waals surface area contributed by atoms with Gasteiger partial charge in [0.1, 0.15) is 0 Å². The molecule has 1 aliphatic heterocycles. The Kier molecular flexibility index (Phi) is 2.52. The zero-order valence-electron chi connectivity index (χ0n) is 7.79. The summed E-state index contributed by atoms with van der Waals surface area (Å²) in [6.07, 6.45) is 3.93. The van der Waals surface area contributed by atoms with Crippen LogP contribution in [0.1, 0.15) is 25.7 Å². The number of rotatable bonds is 0. The normalized spacial score (nSPS) is 40.1. The van der Waals surface area contributed by atoms with E-state index < -0.39 is 0 Å². The Bertz CT molecular complexity index is 205. The van der Waals surface area contributed by atoms with Crippen molar-refractivity contribution in [2.24, 2.45) is 5.92 Å². The minimum Gasteiger partial charge on any atom is -0.376 e. The van der Waals surface area contributed by atoms with Gasteiger partial charge in [0.25, 0.3) is 0 Å². The van der Waals surface area contributed by atoms with Crippen molar-refractivity contribution in [2.45, 2.75) is 31.3 Å². The van der Waals surface area contributed by atoms with Crippen LogP contribution in [-0.2, 0) is 9.47 Å². The number of nitriles is 1. The molecule has 0 unspecified atom stereocenters. The van der Waals surface area contributed by atoms with Crippen LogP contribution in [0.4, 0.5) is 0 Å². The topological polar surface area (TPSA) is 42.2 Å². The lowest BCUT2D eigenvalue weighted by Crippen LogP contribution is -2.45. The van der Waals surface area contributed by atoms with Crippen molar-refractivity contribution in [1.29, 1.82) is 5.26 Å². The van der Waals surface area contributed by atoms with Crippen molar-refractivity contribution in [3.8, 4) is 6.07 Å². The van der Waals surface area contributed by atoms with E-state index in [-0.39, 0.29) is 11.5 Å². The Morgan fingerprint density at radius 2 is 2.00 bits per heavy atom. The monoisotopic (exact) mass is 181 g/mol. The molecule has 72 valence electrons. The fourth-order valence-electron chi connectivity index (χ4n) is 2.18. The van der Waals surface area contributed by atoms with Gasteiger partial charge in [0, 0.05) is 5.92 Å². The molecule has 0 aromatic carbocycles. The van der Waals surface area contributed by atoms with Gasteiger partial charge in [-0.2, -0.15) is 5.26 Å². The van der Waals surface area contributed by atoms with E-state index in [2.05, 4.69) is 6.07 Å². The van der Waals surface area contributed by atoms with Crippen molar-refractivity contribution in [3.63, 3.8) is 0 Å². The van der Waals surface area contributed by atoms with Gasteiger partial charge in [-0.15, -0.1) is 0 Å². The molecule has 1 aliphatic carbocycles. The molecule has 3 nitrogen and oxygen atoms in total. The number of ether oxygens (including phenoxy) is 2. The summed E-state index contributed by atoms with van der Waals surface area (Å²) < 4.78 is 11.2. The summed E-state index contributed by atoms with van der Waals surface area (Å²) in [4.78, 5) is 0. The van der Waals surface area contributed by atoms with E-state index in [1.165, 1.54) is 0 Å². The van der Waals surface area contributed by atoms with Crippen LogP contribution in [0.15, 0.2) is 0 Å². The minimum atomic E-state index is -0.0361. The van der Waals surface area contributed by atoms with Gasteiger partial charge in [-0.05, 0) is 25.7 Å². The highest BCUT2D eigenvalue weighted by Crippen LogP contribution is 2.36. The van der Waals surface area contributed by atoms with E-state index in [1.807, 2.05) is 0 Å². The van der Waals surface area contributed by atoms with Crippen molar-refractivity contribution >= 4 is 0 Å². The third kappa shape index (κ3) is 1.84. The summed E-state index contributed by atoms with van der Waals surface area (Å²) in [5.74, 6) is 0.246. The van der Waals surface area contributed by atoms with Crippen molar-refractivity contribution in [3.05, 3.63) is 0 Å². The molecule has 2 rings (SSSR count). The predicted molar refractivity (Wildman–Crippen MR) is 47.1 cm³/mol. The molecule has 3 heteroatoms. The molecule has 0 aromatic heterocycles. The summed E-state index contributed by atoms with van der Waals surface area (Å²) in [6.45, 7) is 2.17. The summed E-state index contributed by atoms with van der Waals surface area (Å²) in [5, 5.41) is 8.76. The van der Waals surface area contributed by atoms with Gasteiger partial charge in [-0.25, -0.2) is 0 Å². The van der Waals surface area contributed by atoms with E-state index in [0.717, 1.165) is 45.5 Å². The van der Waals surface area contributed by atoms with Crippen LogP contribution in [0.5, 0.6) is 0 Å². The Morgan fingerprint density at radius 1 is 1.23 bits per heavy atom.